The van der Waals surface area contributed by atoms with Gasteiger partial charge in [-0.15, -0.1) is 0 Å². The number of fused-ring (bicyclic) bond motifs is 1. The average Bonchev–Trinajstić information content (AvgIpc) is 3.22. The predicted octanol–water partition coefficient (Wildman–Crippen LogP) is 3.76. The Morgan fingerprint density at radius 1 is 1.03 bits per heavy atom. The van der Waals surface area contributed by atoms with E-state index in [4.69, 9.17) is 24.5 Å². The van der Waals surface area contributed by atoms with Gasteiger partial charge in [0.2, 0.25) is 0 Å². The van der Waals surface area contributed by atoms with Gasteiger partial charge in [-0.05, 0) is 54.8 Å². The van der Waals surface area contributed by atoms with Gasteiger partial charge in [0.1, 0.15) is 5.75 Å². The SMILES string of the molecule is COc1ccc(-c2cc3ccccc3n2CC(O)CNC2CCCCC2)cc1.O=C(O)C(=O)O. The van der Waals surface area contributed by atoms with Gasteiger partial charge in [-0.2, -0.15) is 0 Å². The van der Waals surface area contributed by atoms with Crippen LogP contribution in [0.5, 0.6) is 5.75 Å². The second-order valence-corrected chi connectivity index (χ2v) is 8.43. The van der Waals surface area contributed by atoms with Crippen LogP contribution in [0.4, 0.5) is 0 Å². The summed E-state index contributed by atoms with van der Waals surface area (Å²) in [5.41, 5.74) is 3.41. The number of aliphatic carboxylic acids is 2. The van der Waals surface area contributed by atoms with Gasteiger partial charge in [0, 0.05) is 29.2 Å². The number of methoxy groups -OCH3 is 1. The number of carboxylic acids is 2. The average molecular weight is 469 g/mol. The van der Waals surface area contributed by atoms with Crippen LogP contribution < -0.4 is 10.1 Å². The fourth-order valence-electron chi connectivity index (χ4n) is 4.29. The van der Waals surface area contributed by atoms with E-state index in [1.54, 1.807) is 7.11 Å². The number of nitrogens with one attached hydrogen (secondary N) is 1. The predicted molar refractivity (Wildman–Crippen MR) is 130 cm³/mol. The number of aromatic nitrogens is 1. The minimum absolute atomic E-state index is 0.422. The Kier molecular flexibility index (Phi) is 9.07. The summed E-state index contributed by atoms with van der Waals surface area (Å²) in [7, 11) is 1.68. The molecule has 4 N–H and O–H groups in total. The molecule has 2 aromatic carbocycles. The minimum Gasteiger partial charge on any atom is -0.497 e. The second kappa shape index (κ2) is 12.2. The van der Waals surface area contributed by atoms with Crippen molar-refractivity contribution in [1.82, 2.24) is 9.88 Å². The molecule has 182 valence electrons. The van der Waals surface area contributed by atoms with Gasteiger partial charge in [0.05, 0.1) is 19.8 Å². The topological polar surface area (TPSA) is 121 Å². The lowest BCUT2D eigenvalue weighted by Gasteiger charge is -2.25. The van der Waals surface area contributed by atoms with E-state index >= 15 is 0 Å². The van der Waals surface area contributed by atoms with Crippen LogP contribution in [-0.2, 0) is 16.1 Å². The Hall–Kier alpha value is -3.36. The fourth-order valence-corrected chi connectivity index (χ4v) is 4.29. The standard InChI is InChI=1S/C24H30N2O2.C2H2O4/c1-28-22-13-11-18(12-14-22)24-15-19-7-5-6-10-23(19)26(24)17-21(27)16-25-20-8-3-2-4-9-20;3-1(4)2(5)6/h5-7,10-15,20-21,25,27H,2-4,8-9,16-17H2,1H3;(H,3,4)(H,5,6). The van der Waals surface area contributed by atoms with Crippen molar-refractivity contribution in [2.45, 2.75) is 50.8 Å². The number of ether oxygens (including phenoxy) is 1. The van der Waals surface area contributed by atoms with Crippen LogP contribution in [0.15, 0.2) is 54.6 Å². The first kappa shape index (κ1) is 25.3. The number of benzene rings is 2. The van der Waals surface area contributed by atoms with E-state index in [0.717, 1.165) is 22.5 Å². The van der Waals surface area contributed by atoms with Crippen molar-refractivity contribution in [2.75, 3.05) is 13.7 Å². The molecule has 1 aliphatic rings. The molecule has 3 aromatic rings. The van der Waals surface area contributed by atoms with Gasteiger partial charge in [0.25, 0.3) is 0 Å². The highest BCUT2D eigenvalue weighted by Gasteiger charge is 2.17. The first-order valence-corrected chi connectivity index (χ1v) is 11.5. The Morgan fingerprint density at radius 2 is 1.68 bits per heavy atom. The third-order valence-electron chi connectivity index (χ3n) is 6.02. The highest BCUT2D eigenvalue weighted by Crippen LogP contribution is 2.30. The van der Waals surface area contributed by atoms with Gasteiger partial charge in [-0.3, -0.25) is 0 Å². The molecule has 34 heavy (non-hydrogen) atoms. The van der Waals surface area contributed by atoms with Crippen molar-refractivity contribution >= 4 is 22.8 Å². The summed E-state index contributed by atoms with van der Waals surface area (Å²) < 4.78 is 7.53. The van der Waals surface area contributed by atoms with Crippen molar-refractivity contribution in [2.24, 2.45) is 0 Å². The summed E-state index contributed by atoms with van der Waals surface area (Å²) in [5.74, 6) is -2.80. The lowest BCUT2D eigenvalue weighted by atomic mass is 9.95. The molecule has 1 aliphatic carbocycles. The molecular weight excluding hydrogens is 436 g/mol. The number of carbonyl (C=O) groups is 2. The summed E-state index contributed by atoms with van der Waals surface area (Å²) >= 11 is 0. The van der Waals surface area contributed by atoms with Crippen LogP contribution in [0.1, 0.15) is 32.1 Å². The maximum atomic E-state index is 10.8. The summed E-state index contributed by atoms with van der Waals surface area (Å²) in [6, 6.07) is 19.3. The van der Waals surface area contributed by atoms with E-state index in [2.05, 4.69) is 52.3 Å². The molecule has 1 saturated carbocycles. The molecule has 8 heteroatoms. The normalized spacial score (nSPS) is 14.8. The van der Waals surface area contributed by atoms with Crippen molar-refractivity contribution in [3.05, 3.63) is 54.6 Å². The lowest BCUT2D eigenvalue weighted by Crippen LogP contribution is -2.38. The number of aliphatic hydroxyl groups excluding tert-OH is 1. The Bertz CT molecular complexity index is 1070. The fraction of sp³-hybridized carbons (Fsp3) is 0.385. The Balaban J connectivity index is 0.000000481. The Labute approximate surface area is 198 Å². The van der Waals surface area contributed by atoms with E-state index in [1.807, 2.05) is 12.1 Å². The summed E-state index contributed by atoms with van der Waals surface area (Å²) in [6.45, 7) is 1.22. The molecular formula is C26H32N2O6. The van der Waals surface area contributed by atoms with Crippen LogP contribution in [0, 0.1) is 0 Å². The number of rotatable bonds is 7. The van der Waals surface area contributed by atoms with Crippen molar-refractivity contribution in [1.29, 1.82) is 0 Å². The van der Waals surface area contributed by atoms with Crippen molar-refractivity contribution < 1.29 is 29.6 Å². The van der Waals surface area contributed by atoms with E-state index in [-0.39, 0.29) is 0 Å². The van der Waals surface area contributed by atoms with Crippen LogP contribution >= 0.6 is 0 Å². The maximum absolute atomic E-state index is 10.8. The highest BCUT2D eigenvalue weighted by atomic mass is 16.5. The number of hydrogen-bond acceptors (Lipinski definition) is 5. The molecule has 1 fully saturated rings. The van der Waals surface area contributed by atoms with Crippen LogP contribution in [0.25, 0.3) is 22.2 Å². The van der Waals surface area contributed by atoms with E-state index < -0.39 is 18.0 Å². The van der Waals surface area contributed by atoms with Gasteiger partial charge in [0.15, 0.2) is 0 Å². The number of aliphatic hydroxyl groups is 1. The summed E-state index contributed by atoms with van der Waals surface area (Å²) in [5, 5.41) is 30.3. The largest absolute Gasteiger partial charge is 0.497 e. The van der Waals surface area contributed by atoms with Crippen molar-refractivity contribution in [3.63, 3.8) is 0 Å². The zero-order valence-corrected chi connectivity index (χ0v) is 19.3. The number of para-hydroxylation sites is 1. The maximum Gasteiger partial charge on any atom is 0.414 e. The van der Waals surface area contributed by atoms with E-state index in [9.17, 15) is 5.11 Å². The molecule has 1 unspecified atom stereocenters. The molecule has 8 nitrogen and oxygen atoms in total. The third-order valence-corrected chi connectivity index (χ3v) is 6.02. The minimum atomic E-state index is -1.82. The third kappa shape index (κ3) is 6.82. The second-order valence-electron chi connectivity index (χ2n) is 8.43. The molecule has 0 amide bonds. The van der Waals surface area contributed by atoms with Crippen molar-refractivity contribution in [3.8, 4) is 17.0 Å². The van der Waals surface area contributed by atoms with E-state index in [0.29, 0.717) is 19.1 Å². The molecule has 1 heterocycles. The summed E-state index contributed by atoms with van der Waals surface area (Å²) in [4.78, 5) is 18.2. The van der Waals surface area contributed by atoms with Gasteiger partial charge in [-0.25, -0.2) is 9.59 Å². The first-order valence-electron chi connectivity index (χ1n) is 11.5. The lowest BCUT2D eigenvalue weighted by molar-refractivity contribution is -0.159. The number of carboxylic acid groups (broad SMARTS) is 2. The molecule has 0 radical (unpaired) electrons. The molecule has 1 aromatic heterocycles. The van der Waals surface area contributed by atoms with E-state index in [1.165, 1.54) is 37.5 Å². The Morgan fingerprint density at radius 3 is 2.29 bits per heavy atom. The quantitative estimate of drug-likeness (QED) is 0.390. The van der Waals surface area contributed by atoms with Gasteiger partial charge in [-0.1, -0.05) is 37.5 Å². The smallest absolute Gasteiger partial charge is 0.414 e. The summed E-state index contributed by atoms with van der Waals surface area (Å²) in [6.07, 6.45) is 6.00. The first-order chi connectivity index (χ1) is 16.4. The molecule has 0 saturated heterocycles. The zero-order valence-electron chi connectivity index (χ0n) is 19.3. The highest BCUT2D eigenvalue weighted by molar-refractivity contribution is 6.27. The van der Waals surface area contributed by atoms with Crippen LogP contribution in [-0.4, -0.2) is 57.6 Å². The molecule has 0 spiro atoms. The molecule has 4 rings (SSSR count). The molecule has 0 aliphatic heterocycles. The van der Waals surface area contributed by atoms with Gasteiger partial charge < -0.3 is 29.9 Å². The zero-order chi connectivity index (χ0) is 24.5. The number of nitrogens with zero attached hydrogens (tertiary/aromatic N) is 1. The van der Waals surface area contributed by atoms with Crippen LogP contribution in [0.3, 0.4) is 0 Å². The molecule has 1 atom stereocenters. The van der Waals surface area contributed by atoms with Gasteiger partial charge >= 0.3 is 11.9 Å². The number of hydrogen-bond donors (Lipinski definition) is 4. The molecule has 0 bridgehead atoms. The van der Waals surface area contributed by atoms with Crippen LogP contribution in [0.2, 0.25) is 0 Å². The monoisotopic (exact) mass is 468 g/mol.